The topological polar surface area (TPSA) is 29.1 Å². The van der Waals surface area contributed by atoms with Crippen molar-refractivity contribution in [3.63, 3.8) is 0 Å². The molecule has 0 aliphatic carbocycles. The summed E-state index contributed by atoms with van der Waals surface area (Å²) < 4.78 is 13.0. The Hall–Kier alpha value is -2.94. The maximum atomic E-state index is 13.0. The minimum absolute atomic E-state index is 0.00242. The number of halogens is 1. The molecule has 0 bridgehead atoms. The van der Waals surface area contributed by atoms with Crippen LogP contribution in [0.2, 0.25) is 0 Å². The van der Waals surface area contributed by atoms with Gasteiger partial charge in [-0.3, -0.25) is 4.79 Å². The lowest BCUT2D eigenvalue weighted by atomic mass is 9.92. The molecule has 2 aromatic carbocycles. The van der Waals surface area contributed by atoms with Gasteiger partial charge in [0.05, 0.1) is 0 Å². The van der Waals surface area contributed by atoms with Crippen LogP contribution in [0.25, 0.3) is 0 Å². The number of carbonyl (C=O) groups excluding carboxylic acids is 1. The van der Waals surface area contributed by atoms with E-state index in [-0.39, 0.29) is 17.5 Å². The summed E-state index contributed by atoms with van der Waals surface area (Å²) >= 11 is 0. The molecule has 0 aliphatic heterocycles. The van der Waals surface area contributed by atoms with E-state index < -0.39 is 0 Å². The summed E-state index contributed by atoms with van der Waals surface area (Å²) in [6.07, 6.45) is 7.89. The highest BCUT2D eigenvalue weighted by Crippen LogP contribution is 2.29. The molecule has 1 N–H and O–H groups in total. The van der Waals surface area contributed by atoms with Gasteiger partial charge in [0.1, 0.15) is 5.82 Å². The Morgan fingerprint density at radius 2 is 1.88 bits per heavy atom. The number of anilines is 1. The second kappa shape index (κ2) is 9.52. The van der Waals surface area contributed by atoms with Gasteiger partial charge in [-0.25, -0.2) is 4.39 Å². The van der Waals surface area contributed by atoms with E-state index in [0.29, 0.717) is 12.0 Å². The molecule has 0 aromatic heterocycles. The largest absolute Gasteiger partial charge is 0.355 e. The summed E-state index contributed by atoms with van der Waals surface area (Å²) in [7, 11) is 0. The van der Waals surface area contributed by atoms with Gasteiger partial charge in [-0.1, -0.05) is 43.9 Å². The third-order valence-electron chi connectivity index (χ3n) is 4.07. The first kappa shape index (κ1) is 19.4. The van der Waals surface area contributed by atoms with Gasteiger partial charge in [-0.05, 0) is 60.9 Å². The van der Waals surface area contributed by atoms with Crippen molar-refractivity contribution in [2.24, 2.45) is 0 Å². The average molecular weight is 349 g/mol. The fourth-order valence-electron chi connectivity index (χ4n) is 2.78. The first-order valence-corrected chi connectivity index (χ1v) is 8.65. The Morgan fingerprint density at radius 1 is 1.19 bits per heavy atom. The van der Waals surface area contributed by atoms with Crippen LogP contribution in [0.5, 0.6) is 0 Å². The van der Waals surface area contributed by atoms with Crippen LogP contribution < -0.4 is 5.32 Å². The molecule has 2 rings (SSSR count). The number of allylic oxidation sites excluding steroid dienone is 4. The predicted octanol–water partition coefficient (Wildman–Crippen LogP) is 6.26. The second-order valence-electron chi connectivity index (χ2n) is 6.11. The van der Waals surface area contributed by atoms with Crippen molar-refractivity contribution in [1.82, 2.24) is 0 Å². The Morgan fingerprint density at radius 3 is 2.54 bits per heavy atom. The molecule has 0 heterocycles. The molecule has 0 fully saturated rings. The number of ketones is 1. The van der Waals surface area contributed by atoms with E-state index in [2.05, 4.69) is 11.9 Å². The summed E-state index contributed by atoms with van der Waals surface area (Å²) in [5, 5.41) is 3.39. The molecule has 2 nitrogen and oxygen atoms in total. The molecular weight excluding hydrogens is 325 g/mol. The summed E-state index contributed by atoms with van der Waals surface area (Å²) in [5.74, 6) is -0.316. The van der Waals surface area contributed by atoms with Gasteiger partial charge in [0.2, 0.25) is 0 Å². The van der Waals surface area contributed by atoms with Crippen molar-refractivity contribution in [2.75, 3.05) is 5.32 Å². The Kier molecular flexibility index (Phi) is 7.10. The SMILES string of the molecule is C=C/C=C(\C=C/C)Nc1ccccc1C(C)CC(=O)c1ccc(F)cc1. The van der Waals surface area contributed by atoms with Crippen LogP contribution in [0.4, 0.5) is 10.1 Å². The minimum Gasteiger partial charge on any atom is -0.355 e. The summed E-state index contributed by atoms with van der Waals surface area (Å²) in [5.41, 5.74) is 3.47. The van der Waals surface area contributed by atoms with Crippen LogP contribution in [0.3, 0.4) is 0 Å². The lowest BCUT2D eigenvalue weighted by molar-refractivity contribution is 0.0975. The number of hydrogen-bond acceptors (Lipinski definition) is 2. The zero-order valence-corrected chi connectivity index (χ0v) is 15.2. The van der Waals surface area contributed by atoms with Crippen LogP contribution >= 0.6 is 0 Å². The molecule has 2 aromatic rings. The normalized spacial score (nSPS) is 12.8. The van der Waals surface area contributed by atoms with Crippen molar-refractivity contribution in [3.8, 4) is 0 Å². The van der Waals surface area contributed by atoms with Gasteiger partial charge in [0.25, 0.3) is 0 Å². The van der Waals surface area contributed by atoms with Gasteiger partial charge >= 0.3 is 0 Å². The highest BCUT2D eigenvalue weighted by Gasteiger charge is 2.16. The molecule has 0 radical (unpaired) electrons. The Labute approximate surface area is 154 Å². The van der Waals surface area contributed by atoms with Crippen molar-refractivity contribution >= 4 is 11.5 Å². The third kappa shape index (κ3) is 5.28. The van der Waals surface area contributed by atoms with Crippen molar-refractivity contribution < 1.29 is 9.18 Å². The molecule has 3 heteroatoms. The number of para-hydroxylation sites is 1. The maximum Gasteiger partial charge on any atom is 0.163 e. The monoisotopic (exact) mass is 349 g/mol. The van der Waals surface area contributed by atoms with E-state index in [9.17, 15) is 9.18 Å². The molecule has 0 saturated heterocycles. The van der Waals surface area contributed by atoms with Gasteiger partial charge in [-0.2, -0.15) is 0 Å². The van der Waals surface area contributed by atoms with Crippen LogP contribution in [0, 0.1) is 5.82 Å². The smallest absolute Gasteiger partial charge is 0.163 e. The maximum absolute atomic E-state index is 13.0. The fraction of sp³-hybridized carbons (Fsp3) is 0.174. The van der Waals surface area contributed by atoms with Gasteiger partial charge < -0.3 is 5.32 Å². The molecule has 1 atom stereocenters. The quantitative estimate of drug-likeness (QED) is 0.450. The van der Waals surface area contributed by atoms with E-state index >= 15 is 0 Å². The van der Waals surface area contributed by atoms with E-state index in [0.717, 1.165) is 16.9 Å². The molecule has 26 heavy (non-hydrogen) atoms. The lowest BCUT2D eigenvalue weighted by Crippen LogP contribution is -2.08. The van der Waals surface area contributed by atoms with Crippen molar-refractivity contribution in [2.45, 2.75) is 26.2 Å². The standard InChI is InChI=1S/C23H24FNO/c1-4-8-20(9-5-2)25-22-11-7-6-10-21(22)17(3)16-23(26)18-12-14-19(24)15-13-18/h4-15,17,25H,1,16H2,2-3H3/b9-5-,20-8+. The summed E-state index contributed by atoms with van der Waals surface area (Å²) in [4.78, 5) is 12.5. The van der Waals surface area contributed by atoms with Crippen molar-refractivity contribution in [1.29, 1.82) is 0 Å². The molecule has 0 aliphatic rings. The number of Topliss-reactive ketones (excluding diaryl/α,β-unsaturated/α-hetero) is 1. The minimum atomic E-state index is -0.338. The van der Waals surface area contributed by atoms with Crippen molar-refractivity contribution in [3.05, 3.63) is 102 Å². The fourth-order valence-corrected chi connectivity index (χ4v) is 2.78. The summed E-state index contributed by atoms with van der Waals surface area (Å²) in [6.45, 7) is 7.71. The Bertz CT molecular complexity index is 818. The van der Waals surface area contributed by atoms with Gasteiger partial charge in [-0.15, -0.1) is 0 Å². The van der Waals surface area contributed by atoms with E-state index in [1.54, 1.807) is 6.08 Å². The molecule has 134 valence electrons. The van der Waals surface area contributed by atoms with Gasteiger partial charge in [0.15, 0.2) is 5.78 Å². The molecule has 0 spiro atoms. The number of rotatable bonds is 8. The number of hydrogen-bond donors (Lipinski definition) is 1. The van der Waals surface area contributed by atoms with E-state index in [1.807, 2.05) is 56.3 Å². The number of benzene rings is 2. The Balaban J connectivity index is 2.19. The molecular formula is C23H24FNO. The average Bonchev–Trinajstić information content (AvgIpc) is 2.63. The highest BCUT2D eigenvalue weighted by molar-refractivity contribution is 5.96. The zero-order valence-electron chi connectivity index (χ0n) is 15.2. The lowest BCUT2D eigenvalue weighted by Gasteiger charge is -2.18. The summed E-state index contributed by atoms with van der Waals surface area (Å²) in [6, 6.07) is 13.6. The third-order valence-corrected chi connectivity index (χ3v) is 4.07. The predicted molar refractivity (Wildman–Crippen MR) is 107 cm³/mol. The number of nitrogens with one attached hydrogen (secondary N) is 1. The molecule has 0 saturated carbocycles. The van der Waals surface area contributed by atoms with Crippen LogP contribution in [0.15, 0.2) is 85.1 Å². The van der Waals surface area contributed by atoms with Crippen LogP contribution in [-0.4, -0.2) is 5.78 Å². The van der Waals surface area contributed by atoms with Crippen LogP contribution in [0.1, 0.15) is 42.1 Å². The first-order valence-electron chi connectivity index (χ1n) is 8.65. The number of carbonyl (C=O) groups is 1. The van der Waals surface area contributed by atoms with Gasteiger partial charge in [0, 0.05) is 23.4 Å². The first-order chi connectivity index (χ1) is 12.5. The van der Waals surface area contributed by atoms with E-state index in [1.165, 1.54) is 24.3 Å². The van der Waals surface area contributed by atoms with Crippen LogP contribution in [-0.2, 0) is 0 Å². The molecule has 1 unspecified atom stereocenters. The highest BCUT2D eigenvalue weighted by atomic mass is 19.1. The molecule has 0 amide bonds. The van der Waals surface area contributed by atoms with E-state index in [4.69, 9.17) is 0 Å². The zero-order chi connectivity index (χ0) is 18.9. The second-order valence-corrected chi connectivity index (χ2v) is 6.11.